The Labute approximate surface area is 172 Å². The highest BCUT2D eigenvalue weighted by Gasteiger charge is 2.35. The minimum atomic E-state index is -4.85. The van der Waals surface area contributed by atoms with Crippen molar-refractivity contribution in [2.75, 3.05) is 0 Å². The predicted molar refractivity (Wildman–Crippen MR) is 103 cm³/mol. The van der Waals surface area contributed by atoms with Crippen LogP contribution in [0, 0.1) is 0 Å². The third-order valence-electron chi connectivity index (χ3n) is 4.08. The van der Waals surface area contributed by atoms with Crippen LogP contribution in [0.4, 0.5) is 13.2 Å². The van der Waals surface area contributed by atoms with Gasteiger partial charge in [-0.25, -0.2) is 9.36 Å². The first-order valence-electron chi connectivity index (χ1n) is 8.16. The van der Waals surface area contributed by atoms with Gasteiger partial charge in [0.2, 0.25) is 0 Å². The molecular weight excluding hydrogens is 432 g/mol. The molecule has 0 aliphatic heterocycles. The van der Waals surface area contributed by atoms with Gasteiger partial charge in [-0.15, -0.1) is 0 Å². The molecule has 0 spiro atoms. The lowest BCUT2D eigenvalue weighted by Crippen LogP contribution is -2.40. The molecule has 0 amide bonds. The van der Waals surface area contributed by atoms with Crippen molar-refractivity contribution in [2.24, 2.45) is 7.05 Å². The molecule has 1 aromatic heterocycles. The van der Waals surface area contributed by atoms with E-state index in [2.05, 4.69) is 0 Å². The van der Waals surface area contributed by atoms with Crippen molar-refractivity contribution >= 4 is 23.2 Å². The van der Waals surface area contributed by atoms with Crippen LogP contribution >= 0.6 is 23.2 Å². The molecule has 0 aliphatic carbocycles. The van der Waals surface area contributed by atoms with Crippen molar-refractivity contribution in [3.63, 3.8) is 0 Å². The highest BCUT2D eigenvalue weighted by atomic mass is 35.5. The maximum Gasteiger partial charge on any atom is 0.431 e. The normalized spacial score (nSPS) is 11.5. The number of hydrogen-bond donors (Lipinski definition) is 0. The smallest absolute Gasteiger partial charge is 0.431 e. The molecule has 2 aromatic carbocycles. The third-order valence-corrected chi connectivity index (χ3v) is 4.64. The second-order valence-corrected chi connectivity index (χ2v) is 6.87. The number of aromatic nitrogens is 2. The fourth-order valence-corrected chi connectivity index (χ4v) is 3.26. The number of benzene rings is 2. The average molecular weight is 445 g/mol. The van der Waals surface area contributed by atoms with Crippen LogP contribution in [0.5, 0.6) is 5.75 Å². The van der Waals surface area contributed by atoms with Gasteiger partial charge in [0.05, 0.1) is 15.7 Å². The fourth-order valence-electron chi connectivity index (χ4n) is 2.68. The Balaban J connectivity index is 2.02. The van der Waals surface area contributed by atoms with Crippen molar-refractivity contribution in [3.05, 3.63) is 90.7 Å². The van der Waals surface area contributed by atoms with E-state index < -0.39 is 23.1 Å². The molecule has 152 valence electrons. The first-order valence-corrected chi connectivity index (χ1v) is 8.91. The van der Waals surface area contributed by atoms with E-state index in [1.54, 1.807) is 0 Å². The topological polar surface area (TPSA) is 53.2 Å². The van der Waals surface area contributed by atoms with Gasteiger partial charge in [0.25, 0.3) is 5.56 Å². The van der Waals surface area contributed by atoms with Crippen LogP contribution in [0.3, 0.4) is 0 Å². The van der Waals surface area contributed by atoms with Crippen LogP contribution in [0.2, 0.25) is 10.0 Å². The van der Waals surface area contributed by atoms with E-state index in [4.69, 9.17) is 27.9 Å². The quantitative estimate of drug-likeness (QED) is 0.597. The number of rotatable bonds is 4. The second-order valence-electron chi connectivity index (χ2n) is 6.06. The Bertz CT molecular complexity index is 1150. The number of hydrogen-bond acceptors (Lipinski definition) is 3. The van der Waals surface area contributed by atoms with Gasteiger partial charge in [-0.1, -0.05) is 53.5 Å². The highest BCUT2D eigenvalue weighted by molar-refractivity contribution is 6.37. The van der Waals surface area contributed by atoms with E-state index in [0.717, 1.165) is 12.6 Å². The molecule has 10 heteroatoms. The van der Waals surface area contributed by atoms with E-state index in [-0.39, 0.29) is 28.1 Å². The molecule has 0 saturated carbocycles. The second kappa shape index (κ2) is 7.96. The van der Waals surface area contributed by atoms with Crippen LogP contribution in [-0.4, -0.2) is 9.13 Å². The summed E-state index contributed by atoms with van der Waals surface area (Å²) in [7, 11) is 0.918. The zero-order valence-electron chi connectivity index (χ0n) is 14.8. The fraction of sp³-hybridized carbons (Fsp3) is 0.158. The summed E-state index contributed by atoms with van der Waals surface area (Å²) in [6.45, 7) is 0.168. The highest BCUT2D eigenvalue weighted by Crippen LogP contribution is 2.35. The average Bonchev–Trinajstić information content (AvgIpc) is 2.64. The van der Waals surface area contributed by atoms with Crippen molar-refractivity contribution in [1.82, 2.24) is 9.13 Å². The summed E-state index contributed by atoms with van der Waals surface area (Å²) in [5.41, 5.74) is -2.92. The summed E-state index contributed by atoms with van der Waals surface area (Å²) >= 11 is 12.4. The van der Waals surface area contributed by atoms with Gasteiger partial charge in [0.1, 0.15) is 12.3 Å². The van der Waals surface area contributed by atoms with Crippen LogP contribution in [0.25, 0.3) is 5.69 Å². The molecule has 0 atom stereocenters. The lowest BCUT2D eigenvalue weighted by molar-refractivity contribution is -0.144. The monoisotopic (exact) mass is 444 g/mol. The predicted octanol–water partition coefficient (Wildman–Crippen LogP) is 4.44. The molecule has 3 rings (SSSR count). The molecule has 0 fully saturated rings. The summed E-state index contributed by atoms with van der Waals surface area (Å²) in [5.74, 6) is 0.123. The number of alkyl halides is 3. The van der Waals surface area contributed by atoms with Gasteiger partial charge in [-0.2, -0.15) is 13.2 Å². The third kappa shape index (κ3) is 4.33. The molecule has 0 N–H and O–H groups in total. The summed E-state index contributed by atoms with van der Waals surface area (Å²) in [4.78, 5) is 24.6. The molecule has 5 nitrogen and oxygen atoms in total. The van der Waals surface area contributed by atoms with Crippen molar-refractivity contribution in [1.29, 1.82) is 0 Å². The molecule has 0 radical (unpaired) electrons. The molecule has 1 heterocycles. The van der Waals surface area contributed by atoms with E-state index in [1.807, 2.05) is 30.3 Å². The molecule has 0 bridgehead atoms. The molecule has 29 heavy (non-hydrogen) atoms. The summed E-state index contributed by atoms with van der Waals surface area (Å²) in [6, 6.07) is 12.0. The molecule has 0 aliphatic rings. The van der Waals surface area contributed by atoms with Crippen LogP contribution in [0.1, 0.15) is 11.3 Å². The van der Waals surface area contributed by atoms with Crippen LogP contribution < -0.4 is 16.0 Å². The maximum absolute atomic E-state index is 13.0. The largest absolute Gasteiger partial charge is 0.486 e. The lowest BCUT2D eigenvalue weighted by atomic mass is 10.2. The number of ether oxygens (including phenoxy) is 1. The number of halogens is 5. The number of nitrogens with zero attached hydrogens (tertiary/aromatic N) is 2. The first kappa shape index (κ1) is 21.0. The van der Waals surface area contributed by atoms with E-state index in [0.29, 0.717) is 15.2 Å². The summed E-state index contributed by atoms with van der Waals surface area (Å²) in [6.07, 6.45) is -4.85. The molecule has 3 aromatic rings. The zero-order chi connectivity index (χ0) is 21.3. The standard InChI is InChI=1S/C19H13Cl2F3N2O3/c1-25-15(19(22,23)24)9-16(27)26(18(25)28)12-7-13(20)17(14(21)8-12)29-10-11-5-3-2-4-6-11/h2-9H,10H2,1H3. The molecule has 0 unspecified atom stereocenters. The van der Waals surface area contributed by atoms with Crippen LogP contribution in [-0.2, 0) is 19.8 Å². The van der Waals surface area contributed by atoms with E-state index >= 15 is 0 Å². The lowest BCUT2D eigenvalue weighted by Gasteiger charge is -2.15. The molecule has 0 saturated heterocycles. The summed E-state index contributed by atoms with van der Waals surface area (Å²) in [5, 5.41) is -0.00503. The summed E-state index contributed by atoms with van der Waals surface area (Å²) < 4.78 is 45.4. The van der Waals surface area contributed by atoms with Gasteiger partial charge >= 0.3 is 11.9 Å². The minimum Gasteiger partial charge on any atom is -0.486 e. The molecular formula is C19H13Cl2F3N2O3. The zero-order valence-corrected chi connectivity index (χ0v) is 16.3. The Morgan fingerprint density at radius 1 is 1.00 bits per heavy atom. The Morgan fingerprint density at radius 3 is 2.14 bits per heavy atom. The van der Waals surface area contributed by atoms with Crippen molar-refractivity contribution in [3.8, 4) is 11.4 Å². The minimum absolute atomic E-state index is 0.00252. The van der Waals surface area contributed by atoms with Crippen LogP contribution in [0.15, 0.2) is 58.1 Å². The van der Waals surface area contributed by atoms with Gasteiger partial charge in [-0.05, 0) is 17.7 Å². The van der Waals surface area contributed by atoms with Crippen molar-refractivity contribution in [2.45, 2.75) is 12.8 Å². The SMILES string of the molecule is Cn1c(C(F)(F)F)cc(=O)n(-c2cc(Cl)c(OCc3ccccc3)c(Cl)c2)c1=O. The van der Waals surface area contributed by atoms with Gasteiger partial charge in [0, 0.05) is 13.1 Å². The van der Waals surface area contributed by atoms with E-state index in [1.165, 1.54) is 12.1 Å². The Morgan fingerprint density at radius 2 is 1.59 bits per heavy atom. The van der Waals surface area contributed by atoms with Gasteiger partial charge < -0.3 is 4.74 Å². The van der Waals surface area contributed by atoms with Gasteiger partial charge in [0.15, 0.2) is 5.75 Å². The maximum atomic E-state index is 13.0. The van der Waals surface area contributed by atoms with Gasteiger partial charge in [-0.3, -0.25) is 9.36 Å². The van der Waals surface area contributed by atoms with Crippen molar-refractivity contribution < 1.29 is 17.9 Å². The Hall–Kier alpha value is -2.71. The first-order chi connectivity index (χ1) is 13.6. The van der Waals surface area contributed by atoms with E-state index in [9.17, 15) is 22.8 Å². The Kier molecular flexibility index (Phi) is 5.77.